The van der Waals surface area contributed by atoms with Gasteiger partial charge < -0.3 is 10.1 Å². The summed E-state index contributed by atoms with van der Waals surface area (Å²) in [5.41, 5.74) is 2.73. The molecule has 2 rings (SSSR count). The number of halogens is 1. The number of likely N-dealkylation sites (tertiary alicyclic amines) is 1. The van der Waals surface area contributed by atoms with E-state index in [1.54, 1.807) is 0 Å². The lowest BCUT2D eigenvalue weighted by Gasteiger charge is -2.29. The molecule has 1 saturated heterocycles. The first-order valence-corrected chi connectivity index (χ1v) is 6.66. The zero-order valence-corrected chi connectivity index (χ0v) is 11.6. The summed E-state index contributed by atoms with van der Waals surface area (Å²) in [6.45, 7) is 4.09. The highest BCUT2D eigenvalue weighted by atomic mass is 35.5. The summed E-state index contributed by atoms with van der Waals surface area (Å²) in [6, 6.07) is 5.83. The highest BCUT2D eigenvalue weighted by Gasteiger charge is 2.24. The largest absolute Gasteiger partial charge is 0.411 e. The van der Waals surface area contributed by atoms with Gasteiger partial charge in [0.15, 0.2) is 0 Å². The molecule has 0 radical (unpaired) electrons. The molecule has 0 unspecified atom stereocenters. The number of hydrogen-bond donors (Lipinski definition) is 1. The van der Waals surface area contributed by atoms with Gasteiger partial charge in [0.25, 0.3) is 0 Å². The van der Waals surface area contributed by atoms with E-state index in [0.29, 0.717) is 10.9 Å². The molecule has 3 nitrogen and oxygen atoms in total. The lowest BCUT2D eigenvalue weighted by Crippen LogP contribution is -2.34. The van der Waals surface area contributed by atoms with Gasteiger partial charge in [-0.2, -0.15) is 0 Å². The SMILES string of the molecule is Cc1ccc(Cl)c(C(=NO)C2CCN(C)CC2)c1. The van der Waals surface area contributed by atoms with Crippen molar-refractivity contribution in [3.63, 3.8) is 0 Å². The number of rotatable bonds is 2. The first-order chi connectivity index (χ1) is 8.61. The summed E-state index contributed by atoms with van der Waals surface area (Å²) in [4.78, 5) is 2.29. The van der Waals surface area contributed by atoms with Crippen molar-refractivity contribution in [3.8, 4) is 0 Å². The van der Waals surface area contributed by atoms with Crippen LogP contribution in [-0.2, 0) is 0 Å². The molecule has 0 saturated carbocycles. The standard InChI is InChI=1S/C14H19ClN2O/c1-10-3-4-13(15)12(9-10)14(16-18)11-5-7-17(2)8-6-11/h3-4,9,11,18H,5-8H2,1-2H3. The minimum absolute atomic E-state index is 0.297. The molecule has 1 fully saturated rings. The second kappa shape index (κ2) is 5.72. The van der Waals surface area contributed by atoms with E-state index in [1.807, 2.05) is 25.1 Å². The van der Waals surface area contributed by atoms with Gasteiger partial charge in [-0.25, -0.2) is 0 Å². The van der Waals surface area contributed by atoms with Crippen molar-refractivity contribution in [1.29, 1.82) is 0 Å². The maximum Gasteiger partial charge on any atom is 0.0914 e. The maximum absolute atomic E-state index is 9.33. The molecule has 0 aliphatic carbocycles. The van der Waals surface area contributed by atoms with Crippen LogP contribution in [0.2, 0.25) is 5.02 Å². The van der Waals surface area contributed by atoms with Crippen LogP contribution in [0.1, 0.15) is 24.0 Å². The fourth-order valence-corrected chi connectivity index (χ4v) is 2.69. The highest BCUT2D eigenvalue weighted by molar-refractivity contribution is 6.34. The van der Waals surface area contributed by atoms with Crippen LogP contribution in [0.5, 0.6) is 0 Å². The number of hydrogen-bond acceptors (Lipinski definition) is 3. The van der Waals surface area contributed by atoms with Crippen molar-refractivity contribution in [2.24, 2.45) is 11.1 Å². The Morgan fingerprint density at radius 1 is 1.39 bits per heavy atom. The molecule has 0 spiro atoms. The first kappa shape index (κ1) is 13.4. The van der Waals surface area contributed by atoms with E-state index in [4.69, 9.17) is 11.6 Å². The summed E-state index contributed by atoms with van der Waals surface area (Å²) in [6.07, 6.45) is 2.03. The van der Waals surface area contributed by atoms with Gasteiger partial charge in [-0.3, -0.25) is 0 Å². The van der Waals surface area contributed by atoms with Gasteiger partial charge in [0.1, 0.15) is 0 Å². The average Bonchev–Trinajstić information content (AvgIpc) is 2.37. The van der Waals surface area contributed by atoms with Crippen LogP contribution in [0.3, 0.4) is 0 Å². The van der Waals surface area contributed by atoms with Gasteiger partial charge >= 0.3 is 0 Å². The van der Waals surface area contributed by atoms with Gasteiger partial charge in [-0.1, -0.05) is 28.4 Å². The zero-order valence-electron chi connectivity index (χ0n) is 10.9. The van der Waals surface area contributed by atoms with Gasteiger partial charge in [0.05, 0.1) is 5.71 Å². The molecule has 0 atom stereocenters. The second-order valence-corrected chi connectivity index (χ2v) is 5.45. The number of aryl methyl sites for hydroxylation is 1. The smallest absolute Gasteiger partial charge is 0.0914 e. The fraction of sp³-hybridized carbons (Fsp3) is 0.500. The van der Waals surface area contributed by atoms with Crippen molar-refractivity contribution in [2.45, 2.75) is 19.8 Å². The summed E-state index contributed by atoms with van der Waals surface area (Å²) in [7, 11) is 2.12. The van der Waals surface area contributed by atoms with E-state index in [0.717, 1.165) is 42.8 Å². The van der Waals surface area contributed by atoms with Gasteiger partial charge in [0, 0.05) is 16.5 Å². The Bertz CT molecular complexity index is 451. The Morgan fingerprint density at radius 3 is 2.67 bits per heavy atom. The second-order valence-electron chi connectivity index (χ2n) is 5.05. The lowest BCUT2D eigenvalue weighted by molar-refractivity contribution is 0.246. The lowest BCUT2D eigenvalue weighted by atomic mass is 9.88. The molecule has 0 bridgehead atoms. The monoisotopic (exact) mass is 266 g/mol. The normalized spacial score (nSPS) is 19.2. The summed E-state index contributed by atoms with van der Waals surface area (Å²) in [5, 5.41) is 13.5. The van der Waals surface area contributed by atoms with E-state index in [-0.39, 0.29) is 0 Å². The molecule has 1 aliphatic rings. The average molecular weight is 267 g/mol. The predicted molar refractivity (Wildman–Crippen MR) is 74.7 cm³/mol. The Morgan fingerprint density at radius 2 is 2.06 bits per heavy atom. The van der Waals surface area contributed by atoms with E-state index in [9.17, 15) is 5.21 Å². The van der Waals surface area contributed by atoms with Crippen LogP contribution in [0.4, 0.5) is 0 Å². The molecule has 1 N–H and O–H groups in total. The third kappa shape index (κ3) is 2.85. The van der Waals surface area contributed by atoms with Crippen LogP contribution in [0.25, 0.3) is 0 Å². The van der Waals surface area contributed by atoms with Crippen LogP contribution >= 0.6 is 11.6 Å². The van der Waals surface area contributed by atoms with Crippen molar-refractivity contribution < 1.29 is 5.21 Å². The molecule has 98 valence electrons. The van der Waals surface area contributed by atoms with E-state index in [1.165, 1.54) is 0 Å². The zero-order chi connectivity index (χ0) is 13.1. The summed E-state index contributed by atoms with van der Waals surface area (Å²) < 4.78 is 0. The van der Waals surface area contributed by atoms with Crippen LogP contribution < -0.4 is 0 Å². The first-order valence-electron chi connectivity index (χ1n) is 6.29. The topological polar surface area (TPSA) is 35.8 Å². The number of oxime groups is 1. The van der Waals surface area contributed by atoms with Crippen molar-refractivity contribution in [1.82, 2.24) is 4.90 Å². The van der Waals surface area contributed by atoms with Crippen molar-refractivity contribution in [3.05, 3.63) is 34.3 Å². The third-order valence-electron chi connectivity index (χ3n) is 3.61. The molecule has 0 aromatic heterocycles. The third-order valence-corrected chi connectivity index (χ3v) is 3.94. The summed E-state index contributed by atoms with van der Waals surface area (Å²) in [5.74, 6) is 0.297. The number of piperidine rings is 1. The van der Waals surface area contributed by atoms with Crippen LogP contribution in [0, 0.1) is 12.8 Å². The van der Waals surface area contributed by atoms with Crippen molar-refractivity contribution in [2.75, 3.05) is 20.1 Å². The molecule has 1 aromatic carbocycles. The van der Waals surface area contributed by atoms with Gasteiger partial charge in [-0.15, -0.1) is 0 Å². The molecular formula is C14H19ClN2O. The quantitative estimate of drug-likeness (QED) is 0.507. The van der Waals surface area contributed by atoms with Gasteiger partial charge in [0.2, 0.25) is 0 Å². The van der Waals surface area contributed by atoms with Crippen molar-refractivity contribution >= 4 is 17.3 Å². The molecule has 0 amide bonds. The molecule has 18 heavy (non-hydrogen) atoms. The molecule has 1 aromatic rings. The van der Waals surface area contributed by atoms with E-state index in [2.05, 4.69) is 17.1 Å². The van der Waals surface area contributed by atoms with Gasteiger partial charge in [-0.05, 0) is 52.0 Å². The minimum Gasteiger partial charge on any atom is -0.411 e. The van der Waals surface area contributed by atoms with Crippen LogP contribution in [-0.4, -0.2) is 36.0 Å². The highest BCUT2D eigenvalue weighted by Crippen LogP contribution is 2.26. The van der Waals surface area contributed by atoms with E-state index < -0.39 is 0 Å². The Kier molecular flexibility index (Phi) is 4.25. The number of benzene rings is 1. The number of nitrogens with zero attached hydrogens (tertiary/aromatic N) is 2. The Labute approximate surface area is 113 Å². The Balaban J connectivity index is 2.26. The van der Waals surface area contributed by atoms with E-state index >= 15 is 0 Å². The molecule has 4 heteroatoms. The molecule has 1 aliphatic heterocycles. The minimum atomic E-state index is 0.297. The Hall–Kier alpha value is -1.06. The molecule has 1 heterocycles. The predicted octanol–water partition coefficient (Wildman–Crippen LogP) is 3.17. The molecular weight excluding hydrogens is 248 g/mol. The van der Waals surface area contributed by atoms with Crippen LogP contribution in [0.15, 0.2) is 23.4 Å². The summed E-state index contributed by atoms with van der Waals surface area (Å²) >= 11 is 6.22. The fourth-order valence-electron chi connectivity index (χ4n) is 2.47. The maximum atomic E-state index is 9.33.